The van der Waals surface area contributed by atoms with Gasteiger partial charge in [0.2, 0.25) is 5.78 Å². The van der Waals surface area contributed by atoms with Crippen molar-refractivity contribution in [2.75, 3.05) is 35.0 Å². The van der Waals surface area contributed by atoms with Crippen molar-refractivity contribution in [1.29, 1.82) is 0 Å². The van der Waals surface area contributed by atoms with Gasteiger partial charge in [-0.3, -0.25) is 9.59 Å². The second-order valence-corrected chi connectivity index (χ2v) is 5.52. The number of carbonyl (C=O) groups is 2. The maximum absolute atomic E-state index is 12.4. The molecule has 0 unspecified atom stereocenters. The molecule has 2 rings (SSSR count). The van der Waals surface area contributed by atoms with Crippen LogP contribution < -0.4 is 18.9 Å². The molecule has 144 valence electrons. The van der Waals surface area contributed by atoms with Crippen molar-refractivity contribution in [2.24, 2.45) is 0 Å². The molecule has 0 amide bonds. The van der Waals surface area contributed by atoms with Gasteiger partial charge in [0.15, 0.2) is 18.1 Å². The standard InChI is InChI=1S/C20H22O7/c1-23-14-6-8-17(24-2)15(11-14)16(21)12-27-20(22)10-13-5-7-18(25-3)19(9-13)26-4/h5-9,11H,10,12H2,1-4H3. The maximum atomic E-state index is 12.4. The van der Waals surface area contributed by atoms with Gasteiger partial charge in [0.05, 0.1) is 40.4 Å². The van der Waals surface area contributed by atoms with E-state index in [2.05, 4.69) is 0 Å². The number of ketones is 1. The molecule has 0 aliphatic heterocycles. The van der Waals surface area contributed by atoms with Crippen LogP contribution in [0, 0.1) is 0 Å². The highest BCUT2D eigenvalue weighted by molar-refractivity contribution is 6.00. The molecule has 0 heterocycles. The summed E-state index contributed by atoms with van der Waals surface area (Å²) in [5, 5.41) is 0. The van der Waals surface area contributed by atoms with Crippen molar-refractivity contribution in [3.05, 3.63) is 47.5 Å². The largest absolute Gasteiger partial charge is 0.497 e. The Bertz CT molecular complexity index is 814. The zero-order chi connectivity index (χ0) is 19.8. The molecule has 0 radical (unpaired) electrons. The van der Waals surface area contributed by atoms with E-state index in [9.17, 15) is 9.59 Å². The number of carbonyl (C=O) groups excluding carboxylic acids is 2. The van der Waals surface area contributed by atoms with Crippen LogP contribution in [-0.2, 0) is 16.0 Å². The van der Waals surface area contributed by atoms with Crippen LogP contribution in [-0.4, -0.2) is 46.8 Å². The fourth-order valence-electron chi connectivity index (χ4n) is 2.46. The quantitative estimate of drug-likeness (QED) is 0.493. The minimum absolute atomic E-state index is 0.00286. The predicted octanol–water partition coefficient (Wildman–Crippen LogP) is 2.69. The van der Waals surface area contributed by atoms with E-state index in [1.54, 1.807) is 36.4 Å². The van der Waals surface area contributed by atoms with Gasteiger partial charge in [-0.05, 0) is 35.9 Å². The highest BCUT2D eigenvalue weighted by atomic mass is 16.5. The topological polar surface area (TPSA) is 80.3 Å². The molecule has 0 aromatic heterocycles. The molecule has 0 aliphatic carbocycles. The van der Waals surface area contributed by atoms with E-state index in [0.717, 1.165) is 0 Å². The fraction of sp³-hybridized carbons (Fsp3) is 0.300. The van der Waals surface area contributed by atoms with Crippen LogP contribution in [0.2, 0.25) is 0 Å². The Kier molecular flexibility index (Phi) is 7.05. The van der Waals surface area contributed by atoms with Crippen molar-refractivity contribution < 1.29 is 33.3 Å². The van der Waals surface area contributed by atoms with Crippen LogP contribution in [0.4, 0.5) is 0 Å². The summed E-state index contributed by atoms with van der Waals surface area (Å²) in [4.78, 5) is 24.5. The van der Waals surface area contributed by atoms with Gasteiger partial charge < -0.3 is 23.7 Å². The molecule has 0 bridgehead atoms. The number of benzene rings is 2. The minimum atomic E-state index is -0.530. The number of methoxy groups -OCH3 is 4. The second kappa shape index (κ2) is 9.47. The lowest BCUT2D eigenvalue weighted by Crippen LogP contribution is -2.16. The Balaban J connectivity index is 2.00. The first-order chi connectivity index (χ1) is 13.0. The number of hydrogen-bond acceptors (Lipinski definition) is 7. The summed E-state index contributed by atoms with van der Waals surface area (Å²) < 4.78 is 25.8. The molecule has 0 atom stereocenters. The van der Waals surface area contributed by atoms with Crippen LogP contribution in [0.15, 0.2) is 36.4 Å². The third-order valence-corrected chi connectivity index (χ3v) is 3.87. The summed E-state index contributed by atoms with van der Waals surface area (Å²) in [5.74, 6) is 1.06. The first kappa shape index (κ1) is 20.1. The van der Waals surface area contributed by atoms with E-state index >= 15 is 0 Å². The van der Waals surface area contributed by atoms with Gasteiger partial charge in [0.1, 0.15) is 11.5 Å². The molecule has 0 spiro atoms. The Morgan fingerprint density at radius 3 is 2.07 bits per heavy atom. The number of ether oxygens (including phenoxy) is 5. The van der Waals surface area contributed by atoms with E-state index in [0.29, 0.717) is 28.6 Å². The average Bonchev–Trinajstić information content (AvgIpc) is 2.71. The second-order valence-electron chi connectivity index (χ2n) is 5.52. The zero-order valence-electron chi connectivity index (χ0n) is 15.7. The Morgan fingerprint density at radius 2 is 1.44 bits per heavy atom. The van der Waals surface area contributed by atoms with E-state index < -0.39 is 12.6 Å². The van der Waals surface area contributed by atoms with Crippen molar-refractivity contribution in [1.82, 2.24) is 0 Å². The molecule has 0 aliphatic rings. The molecule has 0 fully saturated rings. The van der Waals surface area contributed by atoms with Gasteiger partial charge in [-0.15, -0.1) is 0 Å². The third kappa shape index (κ3) is 5.13. The van der Waals surface area contributed by atoms with Gasteiger partial charge in [-0.2, -0.15) is 0 Å². The molecule has 7 nitrogen and oxygen atoms in total. The van der Waals surface area contributed by atoms with Crippen LogP contribution >= 0.6 is 0 Å². The van der Waals surface area contributed by atoms with E-state index in [1.165, 1.54) is 28.4 Å². The Hall–Kier alpha value is -3.22. The average molecular weight is 374 g/mol. The molecule has 2 aromatic rings. The molecule has 27 heavy (non-hydrogen) atoms. The normalized spacial score (nSPS) is 10.1. The number of rotatable bonds is 9. The highest BCUT2D eigenvalue weighted by Gasteiger charge is 2.16. The van der Waals surface area contributed by atoms with Crippen LogP contribution in [0.3, 0.4) is 0 Å². The third-order valence-electron chi connectivity index (χ3n) is 3.87. The van der Waals surface area contributed by atoms with Crippen LogP contribution in [0.1, 0.15) is 15.9 Å². The van der Waals surface area contributed by atoms with Gasteiger partial charge in [0.25, 0.3) is 0 Å². The Labute approximate surface area is 157 Å². The zero-order valence-corrected chi connectivity index (χ0v) is 15.7. The Morgan fingerprint density at radius 1 is 0.778 bits per heavy atom. The van der Waals surface area contributed by atoms with Crippen LogP contribution in [0.5, 0.6) is 23.0 Å². The van der Waals surface area contributed by atoms with Gasteiger partial charge in [0, 0.05) is 0 Å². The van der Waals surface area contributed by atoms with Crippen LogP contribution in [0.25, 0.3) is 0 Å². The lowest BCUT2D eigenvalue weighted by atomic mass is 10.1. The molecular weight excluding hydrogens is 352 g/mol. The summed E-state index contributed by atoms with van der Waals surface area (Å²) >= 11 is 0. The summed E-state index contributed by atoms with van der Waals surface area (Å²) in [6.07, 6.45) is 0.00286. The molecule has 0 saturated carbocycles. The lowest BCUT2D eigenvalue weighted by molar-refractivity contribution is -0.141. The number of hydrogen-bond donors (Lipinski definition) is 0. The molecule has 0 N–H and O–H groups in total. The SMILES string of the molecule is COc1ccc(OC)c(C(=O)COC(=O)Cc2ccc(OC)c(OC)c2)c1. The van der Waals surface area contributed by atoms with E-state index in [1.807, 2.05) is 0 Å². The number of esters is 1. The fourth-order valence-corrected chi connectivity index (χ4v) is 2.46. The first-order valence-corrected chi connectivity index (χ1v) is 8.14. The first-order valence-electron chi connectivity index (χ1n) is 8.14. The molecular formula is C20H22O7. The van der Waals surface area contributed by atoms with Crippen molar-refractivity contribution in [2.45, 2.75) is 6.42 Å². The van der Waals surface area contributed by atoms with Gasteiger partial charge in [-0.1, -0.05) is 6.07 Å². The lowest BCUT2D eigenvalue weighted by Gasteiger charge is -2.11. The minimum Gasteiger partial charge on any atom is -0.497 e. The smallest absolute Gasteiger partial charge is 0.310 e. The summed E-state index contributed by atoms with van der Waals surface area (Å²) in [7, 11) is 6.01. The summed E-state index contributed by atoms with van der Waals surface area (Å²) in [6, 6.07) is 9.97. The summed E-state index contributed by atoms with van der Waals surface area (Å²) in [6.45, 7) is -0.393. The van der Waals surface area contributed by atoms with Gasteiger partial charge >= 0.3 is 5.97 Å². The monoisotopic (exact) mass is 374 g/mol. The summed E-state index contributed by atoms with van der Waals surface area (Å²) in [5.41, 5.74) is 0.972. The van der Waals surface area contributed by atoms with E-state index in [4.69, 9.17) is 23.7 Å². The van der Waals surface area contributed by atoms with Crippen molar-refractivity contribution in [3.63, 3.8) is 0 Å². The molecule has 0 saturated heterocycles. The van der Waals surface area contributed by atoms with Crippen molar-refractivity contribution in [3.8, 4) is 23.0 Å². The van der Waals surface area contributed by atoms with E-state index in [-0.39, 0.29) is 17.8 Å². The maximum Gasteiger partial charge on any atom is 0.310 e. The van der Waals surface area contributed by atoms with Crippen molar-refractivity contribution >= 4 is 11.8 Å². The molecule has 7 heteroatoms. The number of Topliss-reactive ketones (excluding diaryl/α,β-unsaturated/α-hetero) is 1. The predicted molar refractivity (Wildman–Crippen MR) is 98.1 cm³/mol. The van der Waals surface area contributed by atoms with Gasteiger partial charge in [-0.25, -0.2) is 0 Å². The highest BCUT2D eigenvalue weighted by Crippen LogP contribution is 2.28. The molecule has 2 aromatic carbocycles.